The number of rotatable bonds is 3. The molecule has 1 aromatic heterocycles. The van der Waals surface area contributed by atoms with Gasteiger partial charge >= 0.3 is 0 Å². The van der Waals surface area contributed by atoms with Gasteiger partial charge in [-0.3, -0.25) is 19.8 Å². The first-order valence-corrected chi connectivity index (χ1v) is 9.16. The van der Waals surface area contributed by atoms with Crippen molar-refractivity contribution in [1.29, 1.82) is 0 Å². The van der Waals surface area contributed by atoms with E-state index in [4.69, 9.17) is 12.2 Å². The normalized spacial score (nSPS) is 15.8. The lowest BCUT2D eigenvalue weighted by Gasteiger charge is -2.29. The maximum Gasteiger partial charge on any atom is 0.270 e. The fourth-order valence-corrected chi connectivity index (χ4v) is 3.35. The van der Waals surface area contributed by atoms with Gasteiger partial charge in [0, 0.05) is 17.6 Å². The van der Waals surface area contributed by atoms with Crippen LogP contribution in [0.15, 0.2) is 78.5 Å². The number of nitrogens with one attached hydrogen (secondary N) is 1. The fraction of sp³-hybridized carbons (Fsp3) is 0.0455. The Morgan fingerprint density at radius 3 is 2.32 bits per heavy atom. The molecule has 6 heteroatoms. The number of hydrogen-bond donors (Lipinski definition) is 1. The van der Waals surface area contributed by atoms with Crippen molar-refractivity contribution in [3.05, 3.63) is 89.8 Å². The molecule has 1 saturated heterocycles. The number of thiocarbonyl (C=S) groups is 1. The molecule has 1 aliphatic rings. The third-order valence-electron chi connectivity index (χ3n) is 4.50. The molecular weight excluding hydrogens is 370 g/mol. The lowest BCUT2D eigenvalue weighted by atomic mass is 10.1. The Morgan fingerprint density at radius 1 is 0.893 bits per heavy atom. The highest BCUT2D eigenvalue weighted by Crippen LogP contribution is 2.23. The Balaban J connectivity index is 1.74. The first-order valence-electron chi connectivity index (χ1n) is 8.75. The van der Waals surface area contributed by atoms with Gasteiger partial charge in [0.25, 0.3) is 11.8 Å². The topological polar surface area (TPSA) is 54.3 Å². The Bertz CT molecular complexity index is 1100. The van der Waals surface area contributed by atoms with Crippen LogP contribution in [0, 0.1) is 6.92 Å². The van der Waals surface area contributed by atoms with Crippen LogP contribution in [0.2, 0.25) is 0 Å². The summed E-state index contributed by atoms with van der Waals surface area (Å²) in [5.74, 6) is -0.947. The SMILES string of the molecule is Cc1ccc(N2C(=O)/C(=C/c3cccn3-c3ccccc3)C(=O)NC2=S)cc1. The average Bonchev–Trinajstić information content (AvgIpc) is 3.15. The number of aryl methyl sites for hydroxylation is 1. The van der Waals surface area contributed by atoms with Crippen LogP contribution < -0.4 is 10.2 Å². The number of hydrogen-bond acceptors (Lipinski definition) is 3. The number of amides is 2. The predicted octanol–water partition coefficient (Wildman–Crippen LogP) is 3.62. The van der Waals surface area contributed by atoms with Gasteiger partial charge in [-0.15, -0.1) is 0 Å². The van der Waals surface area contributed by atoms with Gasteiger partial charge in [-0.2, -0.15) is 0 Å². The standard InChI is InChI=1S/C22H17N3O2S/c1-15-9-11-17(12-10-15)25-21(27)19(20(26)23-22(25)28)14-18-8-5-13-24(18)16-6-3-2-4-7-16/h2-14H,1H3,(H,23,26,28)/b19-14+. The van der Waals surface area contributed by atoms with E-state index >= 15 is 0 Å². The van der Waals surface area contributed by atoms with Crippen LogP contribution in [-0.2, 0) is 9.59 Å². The smallest absolute Gasteiger partial charge is 0.270 e. The Kier molecular flexibility index (Phi) is 4.63. The van der Waals surface area contributed by atoms with Crippen LogP contribution in [0.25, 0.3) is 11.8 Å². The second-order valence-corrected chi connectivity index (χ2v) is 6.82. The Hall–Kier alpha value is -3.51. The highest BCUT2D eigenvalue weighted by molar-refractivity contribution is 7.80. The molecule has 0 aliphatic carbocycles. The molecule has 0 unspecified atom stereocenters. The van der Waals surface area contributed by atoms with Crippen LogP contribution in [-0.4, -0.2) is 21.5 Å². The summed E-state index contributed by atoms with van der Waals surface area (Å²) in [6.45, 7) is 1.96. The molecule has 0 spiro atoms. The van der Waals surface area contributed by atoms with E-state index in [9.17, 15) is 9.59 Å². The minimum Gasteiger partial charge on any atom is -0.317 e. The van der Waals surface area contributed by atoms with Crippen molar-refractivity contribution in [1.82, 2.24) is 9.88 Å². The maximum atomic E-state index is 13.1. The molecule has 138 valence electrons. The maximum absolute atomic E-state index is 13.1. The molecule has 1 fully saturated rings. The van der Waals surface area contributed by atoms with Crippen molar-refractivity contribution in [3.8, 4) is 5.69 Å². The third kappa shape index (κ3) is 3.25. The second-order valence-electron chi connectivity index (χ2n) is 6.43. The zero-order valence-corrected chi connectivity index (χ0v) is 15.9. The van der Waals surface area contributed by atoms with E-state index in [2.05, 4.69) is 5.32 Å². The van der Waals surface area contributed by atoms with Gasteiger partial charge in [0.2, 0.25) is 0 Å². The summed E-state index contributed by atoms with van der Waals surface area (Å²) in [6, 6.07) is 20.8. The number of para-hydroxylation sites is 1. The third-order valence-corrected chi connectivity index (χ3v) is 4.79. The number of benzene rings is 2. The molecule has 2 aromatic carbocycles. The molecule has 0 atom stereocenters. The van der Waals surface area contributed by atoms with E-state index in [1.807, 2.05) is 72.3 Å². The van der Waals surface area contributed by atoms with Gasteiger partial charge < -0.3 is 4.57 Å². The Morgan fingerprint density at radius 2 is 1.61 bits per heavy atom. The minimum atomic E-state index is -0.501. The van der Waals surface area contributed by atoms with Crippen LogP contribution in [0.4, 0.5) is 5.69 Å². The molecule has 2 heterocycles. The first kappa shape index (κ1) is 17.9. The van der Waals surface area contributed by atoms with Crippen LogP contribution in [0.5, 0.6) is 0 Å². The molecule has 5 nitrogen and oxygen atoms in total. The molecule has 28 heavy (non-hydrogen) atoms. The van der Waals surface area contributed by atoms with Gasteiger partial charge in [-0.05, 0) is 61.6 Å². The van der Waals surface area contributed by atoms with Crippen LogP contribution >= 0.6 is 12.2 Å². The van der Waals surface area contributed by atoms with Gasteiger partial charge in [-0.25, -0.2) is 0 Å². The van der Waals surface area contributed by atoms with Crippen LogP contribution in [0.3, 0.4) is 0 Å². The van der Waals surface area contributed by atoms with E-state index in [0.29, 0.717) is 5.69 Å². The summed E-state index contributed by atoms with van der Waals surface area (Å²) in [6.07, 6.45) is 3.48. The van der Waals surface area contributed by atoms with E-state index < -0.39 is 11.8 Å². The van der Waals surface area contributed by atoms with E-state index in [-0.39, 0.29) is 10.7 Å². The van der Waals surface area contributed by atoms with Gasteiger partial charge in [0.15, 0.2) is 5.11 Å². The number of nitrogens with zero attached hydrogens (tertiary/aromatic N) is 2. The van der Waals surface area contributed by atoms with Crippen molar-refractivity contribution in [2.24, 2.45) is 0 Å². The summed E-state index contributed by atoms with van der Waals surface area (Å²) < 4.78 is 1.91. The van der Waals surface area contributed by atoms with Crippen molar-refractivity contribution in [3.63, 3.8) is 0 Å². The van der Waals surface area contributed by atoms with Crippen molar-refractivity contribution >= 4 is 40.9 Å². The molecule has 1 aliphatic heterocycles. The molecular formula is C22H17N3O2S. The largest absolute Gasteiger partial charge is 0.317 e. The molecule has 0 radical (unpaired) electrons. The van der Waals surface area contributed by atoms with Crippen LogP contribution in [0.1, 0.15) is 11.3 Å². The highest BCUT2D eigenvalue weighted by Gasteiger charge is 2.34. The molecule has 4 rings (SSSR count). The number of aromatic nitrogens is 1. The second kappa shape index (κ2) is 7.25. The summed E-state index contributed by atoms with van der Waals surface area (Å²) in [4.78, 5) is 26.9. The first-order chi connectivity index (χ1) is 13.5. The average molecular weight is 387 g/mol. The van der Waals surface area contributed by atoms with E-state index in [1.54, 1.807) is 18.2 Å². The van der Waals surface area contributed by atoms with Crippen molar-refractivity contribution in [2.45, 2.75) is 6.92 Å². The molecule has 2 amide bonds. The zero-order valence-electron chi connectivity index (χ0n) is 15.1. The summed E-state index contributed by atoms with van der Waals surface area (Å²) in [5, 5.41) is 2.69. The van der Waals surface area contributed by atoms with Gasteiger partial charge in [0.05, 0.1) is 5.69 Å². The van der Waals surface area contributed by atoms with E-state index in [1.165, 1.54) is 4.90 Å². The molecule has 3 aromatic rings. The zero-order chi connectivity index (χ0) is 19.7. The monoisotopic (exact) mass is 387 g/mol. The number of carbonyl (C=O) groups is 2. The fourth-order valence-electron chi connectivity index (χ4n) is 3.07. The van der Waals surface area contributed by atoms with Gasteiger partial charge in [0.1, 0.15) is 5.57 Å². The van der Waals surface area contributed by atoms with Crippen molar-refractivity contribution < 1.29 is 9.59 Å². The summed E-state index contributed by atoms with van der Waals surface area (Å²) >= 11 is 5.24. The minimum absolute atomic E-state index is 0.0325. The Labute approximate surface area is 167 Å². The van der Waals surface area contributed by atoms with E-state index in [0.717, 1.165) is 16.9 Å². The quantitative estimate of drug-likeness (QED) is 0.424. The lowest BCUT2D eigenvalue weighted by Crippen LogP contribution is -2.54. The van der Waals surface area contributed by atoms with Crippen molar-refractivity contribution in [2.75, 3.05) is 4.90 Å². The summed E-state index contributed by atoms with van der Waals surface area (Å²) in [5.41, 5.74) is 3.38. The predicted molar refractivity (Wildman–Crippen MR) is 113 cm³/mol. The van der Waals surface area contributed by atoms with Gasteiger partial charge in [-0.1, -0.05) is 35.9 Å². The highest BCUT2D eigenvalue weighted by atomic mass is 32.1. The molecule has 1 N–H and O–H groups in total. The molecule has 0 bridgehead atoms. The number of anilines is 1. The summed E-state index contributed by atoms with van der Waals surface area (Å²) in [7, 11) is 0. The lowest BCUT2D eigenvalue weighted by molar-refractivity contribution is -0.122. The molecule has 0 saturated carbocycles. The number of carbonyl (C=O) groups excluding carboxylic acids is 2.